The number of hydrogen-bond acceptors (Lipinski definition) is 4. The first-order valence-corrected chi connectivity index (χ1v) is 12.3. The number of ether oxygens (including phenoxy) is 2. The van der Waals surface area contributed by atoms with Crippen molar-refractivity contribution in [3.8, 4) is 6.07 Å². The lowest BCUT2D eigenvalue weighted by atomic mass is 9.72. The Morgan fingerprint density at radius 2 is 1.97 bits per heavy atom. The van der Waals surface area contributed by atoms with Crippen molar-refractivity contribution < 1.29 is 14.3 Å². The molecular formula is C29H41NO3. The molecule has 1 heterocycles. The second kappa shape index (κ2) is 12.8. The van der Waals surface area contributed by atoms with Crippen molar-refractivity contribution >= 4 is 5.97 Å². The Kier molecular flexibility index (Phi) is 10.4. The van der Waals surface area contributed by atoms with Crippen LogP contribution in [0.2, 0.25) is 0 Å². The molecule has 0 aromatic carbocycles. The molecule has 4 heteroatoms. The quantitative estimate of drug-likeness (QED) is 0.188. The maximum Gasteiger partial charge on any atom is 0.307 e. The molecule has 0 aromatic heterocycles. The second-order valence-corrected chi connectivity index (χ2v) is 10.0. The van der Waals surface area contributed by atoms with Gasteiger partial charge in [0.1, 0.15) is 6.07 Å². The molecule has 0 aromatic rings. The van der Waals surface area contributed by atoms with Gasteiger partial charge in [-0.1, -0.05) is 74.3 Å². The van der Waals surface area contributed by atoms with Crippen molar-refractivity contribution in [2.45, 2.75) is 105 Å². The molecule has 0 spiro atoms. The van der Waals surface area contributed by atoms with Crippen LogP contribution in [0.3, 0.4) is 0 Å². The van der Waals surface area contributed by atoms with E-state index >= 15 is 0 Å². The van der Waals surface area contributed by atoms with E-state index in [2.05, 4.69) is 52.8 Å². The third kappa shape index (κ3) is 9.18. The van der Waals surface area contributed by atoms with Crippen LogP contribution >= 0.6 is 0 Å². The Labute approximate surface area is 200 Å². The summed E-state index contributed by atoms with van der Waals surface area (Å²) in [6.45, 7) is 13.0. The van der Waals surface area contributed by atoms with Crippen LogP contribution in [0.1, 0.15) is 86.5 Å². The maximum absolute atomic E-state index is 12.1. The van der Waals surface area contributed by atoms with Crippen LogP contribution < -0.4 is 0 Å². The number of nitriles is 1. The first-order valence-electron chi connectivity index (χ1n) is 12.3. The summed E-state index contributed by atoms with van der Waals surface area (Å²) in [6, 6.07) is 2.05. The Morgan fingerprint density at radius 3 is 2.64 bits per heavy atom. The number of carbonyl (C=O) groups is 1. The number of carbonyl (C=O) groups excluding carboxylic acids is 1. The van der Waals surface area contributed by atoms with Crippen molar-refractivity contribution in [3.05, 3.63) is 58.7 Å². The van der Waals surface area contributed by atoms with Gasteiger partial charge < -0.3 is 9.47 Å². The molecule has 0 bridgehead atoms. The Bertz CT molecular complexity index is 879. The first-order chi connectivity index (χ1) is 15.7. The van der Waals surface area contributed by atoms with Gasteiger partial charge >= 0.3 is 5.97 Å². The zero-order chi connectivity index (χ0) is 24.4. The molecule has 1 saturated heterocycles. The highest BCUT2D eigenvalue weighted by molar-refractivity contribution is 5.70. The van der Waals surface area contributed by atoms with E-state index in [4.69, 9.17) is 9.47 Å². The summed E-state index contributed by atoms with van der Waals surface area (Å²) in [5.74, 6) is -0.351. The average Bonchev–Trinajstić information content (AvgIpc) is 3.49. The van der Waals surface area contributed by atoms with E-state index in [0.29, 0.717) is 12.5 Å². The zero-order valence-corrected chi connectivity index (χ0v) is 21.3. The number of esters is 1. The Balaban J connectivity index is 1.85. The summed E-state index contributed by atoms with van der Waals surface area (Å²) in [6.07, 6.45) is 18.4. The SMILES string of the molecule is CCCC1OC1CCC(=O)OC(C#N)/C=C(C)/C=C/C=C(C)/C=C/C1=C(C)CCCC1(C)C. The molecule has 0 N–H and O–H groups in total. The molecule has 2 aliphatic rings. The zero-order valence-electron chi connectivity index (χ0n) is 21.3. The van der Waals surface area contributed by atoms with Crippen molar-refractivity contribution in [3.63, 3.8) is 0 Å². The smallest absolute Gasteiger partial charge is 0.307 e. The standard InChI is InChI=1S/C29H41NO3/c1-7-10-26-27(33-26)16-17-28(31)32-24(20-30)19-22(3)12-8-11-21(2)14-15-25-23(4)13-9-18-29(25,5)6/h8,11-12,14-15,19,24,26-27H,7,9-10,13,16-18H2,1-6H3/b12-8+,15-14+,21-11+,22-19+. The van der Waals surface area contributed by atoms with E-state index in [9.17, 15) is 10.1 Å². The molecule has 4 nitrogen and oxygen atoms in total. The fraction of sp³-hybridized carbons (Fsp3) is 0.586. The van der Waals surface area contributed by atoms with Gasteiger partial charge in [0, 0.05) is 6.42 Å². The van der Waals surface area contributed by atoms with Gasteiger partial charge in [0.15, 0.2) is 0 Å². The van der Waals surface area contributed by atoms with Crippen LogP contribution in [0.4, 0.5) is 0 Å². The summed E-state index contributed by atoms with van der Waals surface area (Å²) < 4.78 is 10.8. The lowest BCUT2D eigenvalue weighted by Crippen LogP contribution is -2.19. The van der Waals surface area contributed by atoms with Gasteiger partial charge in [-0.25, -0.2) is 0 Å². The van der Waals surface area contributed by atoms with Crippen molar-refractivity contribution in [1.29, 1.82) is 5.26 Å². The van der Waals surface area contributed by atoms with E-state index in [1.807, 2.05) is 25.1 Å². The van der Waals surface area contributed by atoms with Gasteiger partial charge in [-0.3, -0.25) is 4.79 Å². The molecule has 33 heavy (non-hydrogen) atoms. The number of nitrogens with zero attached hydrogens (tertiary/aromatic N) is 1. The molecule has 1 fully saturated rings. The van der Waals surface area contributed by atoms with Gasteiger partial charge in [-0.15, -0.1) is 0 Å². The number of allylic oxidation sites excluding steroid dienone is 9. The molecule has 3 unspecified atom stereocenters. The lowest BCUT2D eigenvalue weighted by molar-refractivity contribution is -0.145. The fourth-order valence-electron chi connectivity index (χ4n) is 4.46. The van der Waals surface area contributed by atoms with Crippen LogP contribution in [0.5, 0.6) is 0 Å². The number of rotatable bonds is 11. The van der Waals surface area contributed by atoms with Gasteiger partial charge in [0.2, 0.25) is 6.10 Å². The lowest BCUT2D eigenvalue weighted by Gasteiger charge is -2.32. The van der Waals surface area contributed by atoms with Crippen molar-refractivity contribution in [2.75, 3.05) is 0 Å². The van der Waals surface area contributed by atoms with E-state index in [0.717, 1.165) is 24.0 Å². The van der Waals surface area contributed by atoms with Crippen LogP contribution in [-0.2, 0) is 14.3 Å². The third-order valence-electron chi connectivity index (χ3n) is 6.47. The van der Waals surface area contributed by atoms with E-state index in [-0.39, 0.29) is 23.9 Å². The summed E-state index contributed by atoms with van der Waals surface area (Å²) >= 11 is 0. The van der Waals surface area contributed by atoms with Gasteiger partial charge in [-0.2, -0.15) is 5.26 Å². The average molecular weight is 452 g/mol. The molecule has 180 valence electrons. The van der Waals surface area contributed by atoms with Gasteiger partial charge in [0.25, 0.3) is 0 Å². The topological polar surface area (TPSA) is 62.6 Å². The van der Waals surface area contributed by atoms with Crippen LogP contribution in [0.25, 0.3) is 0 Å². The summed E-state index contributed by atoms with van der Waals surface area (Å²) in [7, 11) is 0. The minimum absolute atomic E-state index is 0.173. The summed E-state index contributed by atoms with van der Waals surface area (Å²) in [5, 5.41) is 9.35. The van der Waals surface area contributed by atoms with E-state index < -0.39 is 6.10 Å². The number of epoxide rings is 1. The monoisotopic (exact) mass is 451 g/mol. The van der Waals surface area contributed by atoms with E-state index in [1.165, 1.54) is 30.4 Å². The molecule has 0 radical (unpaired) electrons. The van der Waals surface area contributed by atoms with Crippen LogP contribution in [0.15, 0.2) is 58.7 Å². The Morgan fingerprint density at radius 1 is 1.24 bits per heavy atom. The predicted molar refractivity (Wildman–Crippen MR) is 134 cm³/mol. The molecule has 0 saturated carbocycles. The maximum atomic E-state index is 12.1. The highest BCUT2D eigenvalue weighted by Crippen LogP contribution is 2.40. The fourth-order valence-corrected chi connectivity index (χ4v) is 4.46. The molecule has 1 aliphatic carbocycles. The number of hydrogen-bond donors (Lipinski definition) is 0. The molecule has 1 aliphatic heterocycles. The second-order valence-electron chi connectivity index (χ2n) is 10.0. The van der Waals surface area contributed by atoms with Gasteiger partial charge in [-0.05, 0) is 69.9 Å². The Hall–Kier alpha value is -2.38. The highest BCUT2D eigenvalue weighted by atomic mass is 16.6. The van der Waals surface area contributed by atoms with Gasteiger partial charge in [0.05, 0.1) is 12.2 Å². The molecule has 2 rings (SSSR count). The predicted octanol–water partition coefficient (Wildman–Crippen LogP) is 7.30. The minimum atomic E-state index is -0.873. The third-order valence-corrected chi connectivity index (χ3v) is 6.47. The van der Waals surface area contributed by atoms with Crippen molar-refractivity contribution in [1.82, 2.24) is 0 Å². The molecule has 0 amide bonds. The minimum Gasteiger partial charge on any atom is -0.443 e. The van der Waals surface area contributed by atoms with Crippen molar-refractivity contribution in [2.24, 2.45) is 5.41 Å². The molecular weight excluding hydrogens is 410 g/mol. The van der Waals surface area contributed by atoms with E-state index in [1.54, 1.807) is 6.08 Å². The normalized spacial score (nSPS) is 24.3. The summed E-state index contributed by atoms with van der Waals surface area (Å²) in [4.78, 5) is 12.1. The van der Waals surface area contributed by atoms with Crippen LogP contribution in [-0.4, -0.2) is 24.3 Å². The van der Waals surface area contributed by atoms with Crippen LogP contribution in [0, 0.1) is 16.7 Å². The largest absolute Gasteiger partial charge is 0.443 e. The summed E-state index contributed by atoms with van der Waals surface area (Å²) in [5.41, 5.74) is 5.22. The first kappa shape index (κ1) is 26.9. The molecule has 3 atom stereocenters. The highest BCUT2D eigenvalue weighted by Gasteiger charge is 2.37.